The number of nitrogens with zero attached hydrogens (tertiary/aromatic N) is 2. The normalized spacial score (nSPS) is 10.4. The van der Waals surface area contributed by atoms with E-state index in [9.17, 15) is 0 Å². The molecule has 0 aliphatic heterocycles. The van der Waals surface area contributed by atoms with E-state index in [4.69, 9.17) is 17.3 Å². The molecule has 2 rings (SSSR count). The molecular weight excluding hydrogens is 314 g/mol. The lowest BCUT2D eigenvalue weighted by Crippen LogP contribution is -2.15. The van der Waals surface area contributed by atoms with Crippen LogP contribution in [0, 0.1) is 0 Å². The highest BCUT2D eigenvalue weighted by Crippen LogP contribution is 2.32. The number of halogens is 2. The second-order valence-electron chi connectivity index (χ2n) is 3.85. The van der Waals surface area contributed by atoms with Crippen LogP contribution in [0.3, 0.4) is 0 Å². The van der Waals surface area contributed by atoms with Gasteiger partial charge >= 0.3 is 0 Å². The summed E-state index contributed by atoms with van der Waals surface area (Å²) in [6.07, 6.45) is 1.63. The second-order valence-corrected chi connectivity index (χ2v) is 5.14. The van der Waals surface area contributed by atoms with Crippen molar-refractivity contribution in [2.24, 2.45) is 5.73 Å². The standard InChI is InChI=1S/C13H13BrClN3/c1-18(12-5-3-2-4-9(12)7-16)13-11(14)6-10(15)8-17-13/h2-6,8H,7,16H2,1H3. The van der Waals surface area contributed by atoms with Crippen LogP contribution < -0.4 is 10.6 Å². The number of aromatic nitrogens is 1. The van der Waals surface area contributed by atoms with Gasteiger partial charge in [0.05, 0.1) is 9.50 Å². The third-order valence-electron chi connectivity index (χ3n) is 2.68. The molecule has 0 unspecified atom stereocenters. The number of pyridine rings is 1. The second kappa shape index (κ2) is 5.69. The lowest BCUT2D eigenvalue weighted by molar-refractivity contribution is 1.03. The summed E-state index contributed by atoms with van der Waals surface area (Å²) in [6, 6.07) is 9.81. The summed E-state index contributed by atoms with van der Waals surface area (Å²) < 4.78 is 0.851. The number of hydrogen-bond acceptors (Lipinski definition) is 3. The highest BCUT2D eigenvalue weighted by molar-refractivity contribution is 9.10. The van der Waals surface area contributed by atoms with Crippen LogP contribution in [0.2, 0.25) is 5.02 Å². The average Bonchev–Trinajstić information content (AvgIpc) is 2.38. The highest BCUT2D eigenvalue weighted by Gasteiger charge is 2.12. The summed E-state index contributed by atoms with van der Waals surface area (Å²) in [6.45, 7) is 0.492. The van der Waals surface area contributed by atoms with E-state index in [1.165, 1.54) is 0 Å². The molecule has 0 atom stereocenters. The third-order valence-corrected chi connectivity index (χ3v) is 3.47. The van der Waals surface area contributed by atoms with Gasteiger partial charge in [0, 0.05) is 25.5 Å². The van der Waals surface area contributed by atoms with Gasteiger partial charge in [-0.05, 0) is 33.6 Å². The maximum absolute atomic E-state index is 5.90. The van der Waals surface area contributed by atoms with Crippen molar-refractivity contribution >= 4 is 39.0 Å². The van der Waals surface area contributed by atoms with Crippen molar-refractivity contribution in [1.29, 1.82) is 0 Å². The van der Waals surface area contributed by atoms with E-state index < -0.39 is 0 Å². The molecule has 0 bridgehead atoms. The molecule has 5 heteroatoms. The van der Waals surface area contributed by atoms with Crippen molar-refractivity contribution in [3.8, 4) is 0 Å². The molecule has 1 heterocycles. The minimum atomic E-state index is 0.492. The van der Waals surface area contributed by atoms with Gasteiger partial charge in [-0.25, -0.2) is 4.98 Å². The first-order chi connectivity index (χ1) is 8.63. The van der Waals surface area contributed by atoms with E-state index in [0.717, 1.165) is 21.5 Å². The molecular formula is C13H13BrClN3. The zero-order chi connectivity index (χ0) is 13.1. The first-order valence-corrected chi connectivity index (χ1v) is 6.63. The molecule has 3 nitrogen and oxygen atoms in total. The van der Waals surface area contributed by atoms with Crippen molar-refractivity contribution in [3.05, 3.63) is 51.6 Å². The number of anilines is 2. The smallest absolute Gasteiger partial charge is 0.147 e. The number of benzene rings is 1. The SMILES string of the molecule is CN(c1ccccc1CN)c1ncc(Cl)cc1Br. The quantitative estimate of drug-likeness (QED) is 0.934. The van der Waals surface area contributed by atoms with Gasteiger partial charge in [-0.1, -0.05) is 29.8 Å². The van der Waals surface area contributed by atoms with E-state index in [0.29, 0.717) is 11.6 Å². The number of para-hydroxylation sites is 1. The molecule has 0 saturated heterocycles. The number of nitrogens with two attached hydrogens (primary N) is 1. The Bertz CT molecular complexity index is 560. The van der Waals surface area contributed by atoms with E-state index >= 15 is 0 Å². The van der Waals surface area contributed by atoms with Crippen LogP contribution in [-0.4, -0.2) is 12.0 Å². The van der Waals surface area contributed by atoms with Crippen molar-refractivity contribution in [3.63, 3.8) is 0 Å². The van der Waals surface area contributed by atoms with Crippen LogP contribution in [-0.2, 0) is 6.54 Å². The summed E-state index contributed by atoms with van der Waals surface area (Å²) in [4.78, 5) is 6.32. The predicted molar refractivity (Wildman–Crippen MR) is 79.3 cm³/mol. The molecule has 2 N–H and O–H groups in total. The Morgan fingerprint density at radius 2 is 2.11 bits per heavy atom. The molecule has 0 saturated carbocycles. The Labute approximate surface area is 120 Å². The Morgan fingerprint density at radius 1 is 1.39 bits per heavy atom. The van der Waals surface area contributed by atoms with Crippen LogP contribution in [0.25, 0.3) is 0 Å². The molecule has 0 radical (unpaired) electrons. The Kier molecular flexibility index (Phi) is 4.22. The Morgan fingerprint density at radius 3 is 2.78 bits per heavy atom. The molecule has 94 valence electrons. The fraction of sp³-hybridized carbons (Fsp3) is 0.154. The van der Waals surface area contributed by atoms with Crippen LogP contribution in [0.1, 0.15) is 5.56 Å². The summed E-state index contributed by atoms with van der Waals surface area (Å²) in [7, 11) is 1.95. The van der Waals surface area contributed by atoms with E-state index in [-0.39, 0.29) is 0 Å². The van der Waals surface area contributed by atoms with Crippen LogP contribution >= 0.6 is 27.5 Å². The summed E-state index contributed by atoms with van der Waals surface area (Å²) in [5, 5.41) is 0.603. The van der Waals surface area contributed by atoms with Gasteiger partial charge < -0.3 is 10.6 Å². The first kappa shape index (κ1) is 13.3. The minimum absolute atomic E-state index is 0.492. The van der Waals surface area contributed by atoms with Crippen molar-refractivity contribution in [2.45, 2.75) is 6.54 Å². The fourth-order valence-corrected chi connectivity index (χ4v) is 2.68. The minimum Gasteiger partial charge on any atom is -0.328 e. The van der Waals surface area contributed by atoms with E-state index in [1.807, 2.05) is 42.3 Å². The molecule has 1 aromatic carbocycles. The maximum Gasteiger partial charge on any atom is 0.147 e. The van der Waals surface area contributed by atoms with Gasteiger partial charge in [-0.3, -0.25) is 0 Å². The van der Waals surface area contributed by atoms with Crippen LogP contribution in [0.15, 0.2) is 41.0 Å². The summed E-state index contributed by atoms with van der Waals surface area (Å²) in [5.41, 5.74) is 7.86. The molecule has 1 aromatic heterocycles. The highest BCUT2D eigenvalue weighted by atomic mass is 79.9. The van der Waals surface area contributed by atoms with Crippen molar-refractivity contribution < 1.29 is 0 Å². The summed E-state index contributed by atoms with van der Waals surface area (Å²) in [5.74, 6) is 0.806. The lowest BCUT2D eigenvalue weighted by atomic mass is 10.1. The number of hydrogen-bond donors (Lipinski definition) is 1. The largest absolute Gasteiger partial charge is 0.328 e. The Hall–Kier alpha value is -1.10. The molecule has 0 spiro atoms. The van der Waals surface area contributed by atoms with Crippen LogP contribution in [0.5, 0.6) is 0 Å². The topological polar surface area (TPSA) is 42.1 Å². The Balaban J connectivity index is 2.44. The van der Waals surface area contributed by atoms with Crippen molar-refractivity contribution in [1.82, 2.24) is 4.98 Å². The molecule has 0 aliphatic carbocycles. The van der Waals surface area contributed by atoms with E-state index in [1.54, 1.807) is 6.20 Å². The van der Waals surface area contributed by atoms with Crippen molar-refractivity contribution in [2.75, 3.05) is 11.9 Å². The summed E-state index contributed by atoms with van der Waals surface area (Å²) >= 11 is 9.37. The van der Waals surface area contributed by atoms with Gasteiger partial charge in [0.15, 0.2) is 0 Å². The maximum atomic E-state index is 5.90. The molecule has 0 fully saturated rings. The average molecular weight is 327 g/mol. The molecule has 0 aliphatic rings. The zero-order valence-corrected chi connectivity index (χ0v) is 12.2. The lowest BCUT2D eigenvalue weighted by Gasteiger charge is -2.22. The van der Waals surface area contributed by atoms with Gasteiger partial charge in [-0.2, -0.15) is 0 Å². The van der Waals surface area contributed by atoms with E-state index in [2.05, 4.69) is 20.9 Å². The monoisotopic (exact) mass is 325 g/mol. The van der Waals surface area contributed by atoms with Gasteiger partial charge in [-0.15, -0.1) is 0 Å². The predicted octanol–water partition coefficient (Wildman–Crippen LogP) is 3.72. The number of rotatable bonds is 3. The van der Waals surface area contributed by atoms with Gasteiger partial charge in [0.2, 0.25) is 0 Å². The molecule has 0 amide bonds. The van der Waals surface area contributed by atoms with Gasteiger partial charge in [0.1, 0.15) is 5.82 Å². The molecule has 18 heavy (non-hydrogen) atoms. The zero-order valence-electron chi connectivity index (χ0n) is 9.90. The molecule has 2 aromatic rings. The first-order valence-electron chi connectivity index (χ1n) is 5.46. The fourth-order valence-electron chi connectivity index (χ4n) is 1.78. The van der Waals surface area contributed by atoms with Crippen LogP contribution in [0.4, 0.5) is 11.5 Å². The van der Waals surface area contributed by atoms with Gasteiger partial charge in [0.25, 0.3) is 0 Å². The third kappa shape index (κ3) is 2.66.